The normalized spacial score (nSPS) is 20.9. The zero-order chi connectivity index (χ0) is 17.6. The second kappa shape index (κ2) is 5.89. The van der Waals surface area contributed by atoms with Crippen LogP contribution in [0, 0.1) is 6.92 Å². The minimum Gasteiger partial charge on any atom is -0.376 e. The number of halogens is 3. The molecule has 0 spiro atoms. The van der Waals surface area contributed by atoms with E-state index in [1.807, 2.05) is 0 Å². The van der Waals surface area contributed by atoms with Crippen molar-refractivity contribution in [2.75, 3.05) is 24.6 Å². The van der Waals surface area contributed by atoms with Gasteiger partial charge in [-0.25, -0.2) is 4.79 Å². The number of amides is 2. The zero-order valence-electron chi connectivity index (χ0n) is 12.9. The van der Waals surface area contributed by atoms with Crippen molar-refractivity contribution in [3.63, 3.8) is 0 Å². The summed E-state index contributed by atoms with van der Waals surface area (Å²) in [7, 11) is 0. The second-order valence-electron chi connectivity index (χ2n) is 5.71. The predicted molar refractivity (Wildman–Crippen MR) is 83.3 cm³/mol. The van der Waals surface area contributed by atoms with Crippen LogP contribution in [-0.2, 0) is 4.74 Å². The smallest absolute Gasteiger partial charge is 0.376 e. The van der Waals surface area contributed by atoms with Gasteiger partial charge >= 0.3 is 12.2 Å². The molecule has 3 heterocycles. The maximum atomic E-state index is 12.9. The Balaban J connectivity index is 2.04. The molecule has 9 heteroatoms. The number of carbonyl (C=O) groups excluding carboxylic acids is 2. The molecule has 0 aliphatic carbocycles. The number of ether oxygens (including phenoxy) is 1. The van der Waals surface area contributed by atoms with Crippen molar-refractivity contribution in [1.82, 2.24) is 4.90 Å². The van der Waals surface area contributed by atoms with Crippen LogP contribution >= 0.6 is 11.3 Å². The van der Waals surface area contributed by atoms with E-state index in [2.05, 4.69) is 6.58 Å². The van der Waals surface area contributed by atoms with Crippen molar-refractivity contribution in [2.24, 2.45) is 0 Å². The predicted octanol–water partition coefficient (Wildman–Crippen LogP) is 3.43. The lowest BCUT2D eigenvalue weighted by molar-refractivity contribution is -0.134. The van der Waals surface area contributed by atoms with Crippen LogP contribution in [0.2, 0.25) is 0 Å². The summed E-state index contributed by atoms with van der Waals surface area (Å²) < 4.78 is 43.9. The Morgan fingerprint density at radius 2 is 2.08 bits per heavy atom. The van der Waals surface area contributed by atoms with Crippen LogP contribution in [0.15, 0.2) is 6.58 Å². The number of thiophene rings is 1. The fourth-order valence-corrected chi connectivity index (χ4v) is 3.92. The molecular formula is C15H15F3N2O3S. The first-order valence-electron chi connectivity index (χ1n) is 7.28. The molecule has 1 fully saturated rings. The Bertz CT molecular complexity index is 710. The lowest BCUT2D eigenvalue weighted by atomic mass is 10.1. The topological polar surface area (TPSA) is 49.9 Å². The van der Waals surface area contributed by atoms with Crippen molar-refractivity contribution in [2.45, 2.75) is 25.6 Å². The molecule has 0 N–H and O–H groups in total. The molecule has 1 atom stereocenters. The summed E-state index contributed by atoms with van der Waals surface area (Å²) in [6, 6.07) is -0.793. The Hall–Kier alpha value is -1.87. The molecule has 0 saturated carbocycles. The molecule has 24 heavy (non-hydrogen) atoms. The van der Waals surface area contributed by atoms with Crippen LogP contribution in [0.1, 0.15) is 27.2 Å². The third-order valence-corrected chi connectivity index (χ3v) is 5.35. The first-order chi connectivity index (χ1) is 11.2. The summed E-state index contributed by atoms with van der Waals surface area (Å²) in [5.74, 6) is 0. The molecule has 1 unspecified atom stereocenters. The van der Waals surface area contributed by atoms with Gasteiger partial charge in [0, 0.05) is 17.9 Å². The van der Waals surface area contributed by atoms with Crippen LogP contribution in [0.25, 0.3) is 5.70 Å². The standard InChI is InChI=1S/C15H15F3N2O3S/c1-8-11(6-21)24-13-12(8)9(2)20(7-15(16,17)18)14(22)19(13)5-10-3-4-23-10/h6,10H,2-5,7H2,1H3. The number of nitrogens with zero attached hydrogens (tertiary/aromatic N) is 2. The van der Waals surface area contributed by atoms with Gasteiger partial charge < -0.3 is 4.74 Å². The molecule has 2 amide bonds. The van der Waals surface area contributed by atoms with Gasteiger partial charge in [-0.2, -0.15) is 13.2 Å². The second-order valence-corrected chi connectivity index (χ2v) is 6.74. The van der Waals surface area contributed by atoms with Gasteiger partial charge in [0.1, 0.15) is 11.5 Å². The van der Waals surface area contributed by atoms with Crippen molar-refractivity contribution >= 4 is 34.4 Å². The fraction of sp³-hybridized carbons (Fsp3) is 0.467. The van der Waals surface area contributed by atoms with E-state index in [4.69, 9.17) is 4.74 Å². The molecular weight excluding hydrogens is 345 g/mol. The number of carbonyl (C=O) groups is 2. The summed E-state index contributed by atoms with van der Waals surface area (Å²) >= 11 is 1.09. The number of hydrogen-bond acceptors (Lipinski definition) is 4. The van der Waals surface area contributed by atoms with E-state index in [1.165, 1.54) is 4.90 Å². The van der Waals surface area contributed by atoms with Crippen LogP contribution in [0.4, 0.5) is 23.0 Å². The van der Waals surface area contributed by atoms with Gasteiger partial charge in [-0.05, 0) is 18.9 Å². The molecule has 0 bridgehead atoms. The number of alkyl halides is 3. The van der Waals surface area contributed by atoms with Crippen LogP contribution in [0.3, 0.4) is 0 Å². The third kappa shape index (κ3) is 2.82. The largest absolute Gasteiger partial charge is 0.406 e. The molecule has 0 aromatic carbocycles. The van der Waals surface area contributed by atoms with E-state index in [1.54, 1.807) is 6.92 Å². The minimum absolute atomic E-state index is 0.0278. The van der Waals surface area contributed by atoms with E-state index >= 15 is 0 Å². The molecule has 0 radical (unpaired) electrons. The van der Waals surface area contributed by atoms with Crippen molar-refractivity contribution in [1.29, 1.82) is 0 Å². The third-order valence-electron chi connectivity index (χ3n) is 4.11. The van der Waals surface area contributed by atoms with Crippen LogP contribution < -0.4 is 4.90 Å². The van der Waals surface area contributed by atoms with Gasteiger partial charge in [0.15, 0.2) is 6.29 Å². The zero-order valence-corrected chi connectivity index (χ0v) is 13.7. The molecule has 2 aliphatic heterocycles. The van der Waals surface area contributed by atoms with Gasteiger partial charge in [-0.15, -0.1) is 11.3 Å². The Labute approximate surface area is 140 Å². The first-order valence-corrected chi connectivity index (χ1v) is 8.10. The maximum Gasteiger partial charge on any atom is 0.406 e. The van der Waals surface area contributed by atoms with Crippen LogP contribution in [-0.4, -0.2) is 49.2 Å². The molecule has 1 aromatic heterocycles. The molecule has 3 rings (SSSR count). The highest BCUT2D eigenvalue weighted by atomic mass is 32.1. The van der Waals surface area contributed by atoms with Crippen molar-refractivity contribution < 1.29 is 27.5 Å². The van der Waals surface area contributed by atoms with E-state index in [9.17, 15) is 22.8 Å². The van der Waals surface area contributed by atoms with E-state index in [-0.39, 0.29) is 18.3 Å². The number of aldehydes is 1. The Kier molecular flexibility index (Phi) is 4.16. The number of urea groups is 1. The number of hydrogen-bond donors (Lipinski definition) is 0. The van der Waals surface area contributed by atoms with Gasteiger partial charge in [-0.1, -0.05) is 6.58 Å². The van der Waals surface area contributed by atoms with E-state index in [0.717, 1.165) is 17.8 Å². The maximum absolute atomic E-state index is 12.9. The average Bonchev–Trinajstić information content (AvgIpc) is 2.77. The van der Waals surface area contributed by atoms with Crippen molar-refractivity contribution in [3.05, 3.63) is 22.6 Å². The summed E-state index contributed by atoms with van der Waals surface area (Å²) in [5.41, 5.74) is 0.930. The molecule has 1 saturated heterocycles. The lowest BCUT2D eigenvalue weighted by Gasteiger charge is -2.40. The van der Waals surface area contributed by atoms with Gasteiger partial charge in [0.25, 0.3) is 0 Å². The number of anilines is 1. The van der Waals surface area contributed by atoms with Gasteiger partial charge in [-0.3, -0.25) is 14.6 Å². The molecule has 2 aliphatic rings. The van der Waals surface area contributed by atoms with E-state index < -0.39 is 18.8 Å². The molecule has 130 valence electrons. The highest BCUT2D eigenvalue weighted by Crippen LogP contribution is 2.45. The molecule has 5 nitrogen and oxygen atoms in total. The number of rotatable bonds is 4. The first kappa shape index (κ1) is 17.0. The summed E-state index contributed by atoms with van der Waals surface area (Å²) in [6.45, 7) is 4.62. The van der Waals surface area contributed by atoms with E-state index in [0.29, 0.717) is 38.8 Å². The van der Waals surface area contributed by atoms with Gasteiger partial charge in [0.05, 0.1) is 17.5 Å². The Morgan fingerprint density at radius 1 is 1.42 bits per heavy atom. The molecule has 1 aromatic rings. The van der Waals surface area contributed by atoms with Gasteiger partial charge in [0.2, 0.25) is 0 Å². The highest BCUT2D eigenvalue weighted by molar-refractivity contribution is 7.18. The SMILES string of the molecule is C=C1c2c(sc(C=O)c2C)N(CC2CCO2)C(=O)N1CC(F)(F)F. The summed E-state index contributed by atoms with van der Waals surface area (Å²) in [4.78, 5) is 26.1. The lowest BCUT2D eigenvalue weighted by Crippen LogP contribution is -2.52. The highest BCUT2D eigenvalue weighted by Gasteiger charge is 2.43. The number of fused-ring (bicyclic) bond motifs is 1. The Morgan fingerprint density at radius 3 is 2.58 bits per heavy atom. The summed E-state index contributed by atoms with van der Waals surface area (Å²) in [6.07, 6.45) is -3.37. The average molecular weight is 360 g/mol. The fourth-order valence-electron chi connectivity index (χ4n) is 2.78. The minimum atomic E-state index is -4.55. The van der Waals surface area contributed by atoms with Crippen molar-refractivity contribution in [3.8, 4) is 0 Å². The summed E-state index contributed by atoms with van der Waals surface area (Å²) in [5, 5.41) is 0.457. The quantitative estimate of drug-likeness (QED) is 0.773. The van der Waals surface area contributed by atoms with Crippen LogP contribution in [0.5, 0.6) is 0 Å². The monoisotopic (exact) mass is 360 g/mol.